The Morgan fingerprint density at radius 3 is 2.75 bits per heavy atom. The molecule has 16 heavy (non-hydrogen) atoms. The molecule has 2 N–H and O–H groups in total. The van der Waals surface area contributed by atoms with E-state index in [2.05, 4.69) is 31.0 Å². The predicted octanol–water partition coefficient (Wildman–Crippen LogP) is 2.10. The molecule has 0 amide bonds. The van der Waals surface area contributed by atoms with Crippen LogP contribution in [0.1, 0.15) is 26.3 Å². The van der Waals surface area contributed by atoms with Crippen LogP contribution in [0.4, 0.5) is 5.69 Å². The maximum absolute atomic E-state index is 9.52. The predicted molar refractivity (Wildman–Crippen MR) is 66.9 cm³/mol. The molecule has 88 valence electrons. The number of benzene rings is 1. The lowest BCUT2D eigenvalue weighted by molar-refractivity contribution is 0.473. The van der Waals surface area contributed by atoms with Crippen molar-refractivity contribution in [3.05, 3.63) is 23.8 Å². The molecule has 0 radical (unpaired) electrons. The van der Waals surface area contributed by atoms with Crippen molar-refractivity contribution < 1.29 is 5.11 Å². The highest BCUT2D eigenvalue weighted by Crippen LogP contribution is 2.30. The fraction of sp³-hybridized carbons (Fsp3) is 0.538. The number of anilines is 1. The van der Waals surface area contributed by atoms with E-state index >= 15 is 0 Å². The summed E-state index contributed by atoms with van der Waals surface area (Å²) >= 11 is 0. The Labute approximate surface area is 97.1 Å². The molecule has 1 heterocycles. The first-order chi connectivity index (χ1) is 7.48. The first-order valence-electron chi connectivity index (χ1n) is 5.79. The van der Waals surface area contributed by atoms with Crippen molar-refractivity contribution in [3.8, 4) is 5.75 Å². The van der Waals surface area contributed by atoms with Gasteiger partial charge < -0.3 is 15.3 Å². The summed E-state index contributed by atoms with van der Waals surface area (Å²) in [6, 6.07) is 5.64. The summed E-state index contributed by atoms with van der Waals surface area (Å²) in [6.07, 6.45) is 0. The number of phenols is 1. The van der Waals surface area contributed by atoms with Gasteiger partial charge in [0.15, 0.2) is 0 Å². The van der Waals surface area contributed by atoms with Gasteiger partial charge in [0.2, 0.25) is 0 Å². The summed E-state index contributed by atoms with van der Waals surface area (Å²) in [4.78, 5) is 2.39. The van der Waals surface area contributed by atoms with Crippen LogP contribution < -0.4 is 10.2 Å². The van der Waals surface area contributed by atoms with Crippen LogP contribution in [0, 0.1) is 0 Å². The summed E-state index contributed by atoms with van der Waals surface area (Å²) < 4.78 is 0. The molecule has 1 aliphatic heterocycles. The molecule has 1 aliphatic rings. The lowest BCUT2D eigenvalue weighted by atomic mass is 10.0. The molecule has 0 saturated heterocycles. The highest BCUT2D eigenvalue weighted by atomic mass is 16.3. The zero-order valence-electron chi connectivity index (χ0n) is 10.2. The summed E-state index contributed by atoms with van der Waals surface area (Å²) in [7, 11) is 0. The minimum Gasteiger partial charge on any atom is -0.508 e. The van der Waals surface area contributed by atoms with Crippen LogP contribution in [0.3, 0.4) is 0 Å². The molecule has 0 bridgehead atoms. The van der Waals surface area contributed by atoms with E-state index in [1.807, 2.05) is 12.1 Å². The van der Waals surface area contributed by atoms with Crippen LogP contribution in [0.15, 0.2) is 18.2 Å². The number of nitrogens with one attached hydrogen (secondary N) is 1. The first kappa shape index (κ1) is 11.3. The molecule has 1 aromatic carbocycles. The number of hydrogen-bond acceptors (Lipinski definition) is 3. The van der Waals surface area contributed by atoms with Gasteiger partial charge in [-0.3, -0.25) is 0 Å². The van der Waals surface area contributed by atoms with Gasteiger partial charge in [-0.2, -0.15) is 0 Å². The quantitative estimate of drug-likeness (QED) is 0.703. The Morgan fingerprint density at radius 2 is 2.06 bits per heavy atom. The Bertz CT molecular complexity index is 382. The average molecular weight is 220 g/mol. The second kappa shape index (κ2) is 3.98. The maximum atomic E-state index is 9.52. The monoisotopic (exact) mass is 220 g/mol. The summed E-state index contributed by atoms with van der Waals surface area (Å²) in [6.45, 7) is 9.46. The van der Waals surface area contributed by atoms with Gasteiger partial charge in [0.25, 0.3) is 0 Å². The molecule has 0 spiro atoms. The number of fused-ring (bicyclic) bond motifs is 1. The van der Waals surface area contributed by atoms with E-state index in [-0.39, 0.29) is 5.54 Å². The minimum absolute atomic E-state index is 0.109. The van der Waals surface area contributed by atoms with E-state index in [9.17, 15) is 5.11 Å². The van der Waals surface area contributed by atoms with Crippen LogP contribution in [0.25, 0.3) is 0 Å². The van der Waals surface area contributed by atoms with Crippen molar-refractivity contribution in [1.82, 2.24) is 5.32 Å². The van der Waals surface area contributed by atoms with Gasteiger partial charge in [0.05, 0.1) is 0 Å². The van der Waals surface area contributed by atoms with Crippen LogP contribution in [0.5, 0.6) is 5.75 Å². The van der Waals surface area contributed by atoms with Crippen LogP contribution in [0.2, 0.25) is 0 Å². The van der Waals surface area contributed by atoms with Crippen LogP contribution in [-0.4, -0.2) is 23.7 Å². The zero-order valence-corrected chi connectivity index (χ0v) is 10.2. The van der Waals surface area contributed by atoms with Crippen molar-refractivity contribution in [3.63, 3.8) is 0 Å². The van der Waals surface area contributed by atoms with E-state index in [1.54, 1.807) is 6.07 Å². The van der Waals surface area contributed by atoms with Gasteiger partial charge >= 0.3 is 0 Å². The molecule has 0 saturated carbocycles. The third kappa shape index (κ3) is 2.14. The van der Waals surface area contributed by atoms with Crippen LogP contribution >= 0.6 is 0 Å². The molecule has 0 atom stereocenters. The number of hydrogen-bond donors (Lipinski definition) is 2. The van der Waals surface area contributed by atoms with Gasteiger partial charge in [-0.05, 0) is 44.5 Å². The Kier molecular flexibility index (Phi) is 2.80. The lowest BCUT2D eigenvalue weighted by Crippen LogP contribution is -2.43. The summed E-state index contributed by atoms with van der Waals surface area (Å²) in [5, 5.41) is 12.9. The molecule has 0 fully saturated rings. The maximum Gasteiger partial charge on any atom is 0.116 e. The van der Waals surface area contributed by atoms with Gasteiger partial charge in [-0.1, -0.05) is 0 Å². The Hall–Kier alpha value is -1.22. The SMILES string of the molecule is CC(C)(C)N1CCNCc2cc(O)ccc21. The highest BCUT2D eigenvalue weighted by Gasteiger charge is 2.25. The van der Waals surface area contributed by atoms with E-state index in [1.165, 1.54) is 11.3 Å². The number of nitrogens with zero attached hydrogens (tertiary/aromatic N) is 1. The van der Waals surface area contributed by atoms with E-state index in [0.717, 1.165) is 19.6 Å². The van der Waals surface area contributed by atoms with E-state index in [0.29, 0.717) is 5.75 Å². The third-order valence-electron chi connectivity index (χ3n) is 2.99. The number of aromatic hydroxyl groups is 1. The van der Waals surface area contributed by atoms with E-state index < -0.39 is 0 Å². The smallest absolute Gasteiger partial charge is 0.116 e. The molecule has 1 aromatic rings. The Morgan fingerprint density at radius 1 is 1.31 bits per heavy atom. The van der Waals surface area contributed by atoms with Gasteiger partial charge in [-0.25, -0.2) is 0 Å². The average Bonchev–Trinajstić information content (AvgIpc) is 2.38. The number of phenolic OH excluding ortho intramolecular Hbond substituents is 1. The molecule has 3 heteroatoms. The second-order valence-corrected chi connectivity index (χ2v) is 5.31. The molecule has 0 aliphatic carbocycles. The largest absolute Gasteiger partial charge is 0.508 e. The fourth-order valence-corrected chi connectivity index (χ4v) is 2.21. The molecule has 2 rings (SSSR count). The summed E-state index contributed by atoms with van der Waals surface area (Å²) in [5.41, 5.74) is 2.51. The molecule has 0 unspecified atom stereocenters. The summed E-state index contributed by atoms with van der Waals surface area (Å²) in [5.74, 6) is 0.344. The van der Waals surface area contributed by atoms with Crippen molar-refractivity contribution in [2.45, 2.75) is 32.9 Å². The van der Waals surface area contributed by atoms with Crippen molar-refractivity contribution >= 4 is 5.69 Å². The van der Waals surface area contributed by atoms with Gasteiger partial charge in [0.1, 0.15) is 5.75 Å². The molecular formula is C13H20N2O. The normalized spacial score (nSPS) is 16.8. The topological polar surface area (TPSA) is 35.5 Å². The van der Waals surface area contributed by atoms with Crippen molar-refractivity contribution in [1.29, 1.82) is 0 Å². The zero-order chi connectivity index (χ0) is 11.8. The minimum atomic E-state index is 0.109. The van der Waals surface area contributed by atoms with Gasteiger partial charge in [0, 0.05) is 30.9 Å². The third-order valence-corrected chi connectivity index (χ3v) is 2.99. The second-order valence-electron chi connectivity index (χ2n) is 5.31. The first-order valence-corrected chi connectivity index (χ1v) is 5.79. The van der Waals surface area contributed by atoms with Gasteiger partial charge in [-0.15, -0.1) is 0 Å². The molecular weight excluding hydrogens is 200 g/mol. The van der Waals surface area contributed by atoms with Crippen molar-refractivity contribution in [2.75, 3.05) is 18.0 Å². The number of rotatable bonds is 0. The van der Waals surface area contributed by atoms with E-state index in [4.69, 9.17) is 0 Å². The lowest BCUT2D eigenvalue weighted by Gasteiger charge is -2.37. The molecule has 3 nitrogen and oxygen atoms in total. The highest BCUT2D eigenvalue weighted by molar-refractivity contribution is 5.58. The van der Waals surface area contributed by atoms with Crippen molar-refractivity contribution in [2.24, 2.45) is 0 Å². The fourth-order valence-electron chi connectivity index (χ4n) is 2.21. The molecule has 0 aromatic heterocycles. The van der Waals surface area contributed by atoms with Crippen LogP contribution in [-0.2, 0) is 6.54 Å². The standard InChI is InChI=1S/C13H20N2O/c1-13(2,3)15-7-6-14-9-10-8-11(16)4-5-12(10)15/h4-5,8,14,16H,6-7,9H2,1-3H3. The Balaban J connectivity index is 2.45.